The number of aryl methyl sites for hydroxylation is 2. The molecule has 1 aliphatic heterocycles. The SMILES string of the molecule is Cc1cccc2c1N(C(=O)CCCNC(=O)c1ccsc1)CCC2. The summed E-state index contributed by atoms with van der Waals surface area (Å²) in [4.78, 5) is 26.4. The van der Waals surface area contributed by atoms with E-state index >= 15 is 0 Å². The van der Waals surface area contributed by atoms with Crippen molar-refractivity contribution in [2.45, 2.75) is 32.6 Å². The highest BCUT2D eigenvalue weighted by atomic mass is 32.1. The number of nitrogens with zero attached hydrogens (tertiary/aromatic N) is 1. The number of nitrogens with one attached hydrogen (secondary N) is 1. The predicted octanol–water partition coefficient (Wildman–Crippen LogP) is 3.55. The molecule has 0 bridgehead atoms. The fourth-order valence-electron chi connectivity index (χ4n) is 3.17. The minimum Gasteiger partial charge on any atom is -0.352 e. The minimum atomic E-state index is -0.0668. The third-order valence-corrected chi connectivity index (χ3v) is 5.04. The summed E-state index contributed by atoms with van der Waals surface area (Å²) in [5, 5.41) is 6.58. The Morgan fingerprint density at radius 1 is 1.29 bits per heavy atom. The molecular formula is C19H22N2O2S. The molecule has 126 valence electrons. The molecule has 1 aromatic heterocycles. The number of hydrogen-bond acceptors (Lipinski definition) is 3. The number of rotatable bonds is 5. The van der Waals surface area contributed by atoms with Crippen LogP contribution >= 0.6 is 11.3 Å². The Bertz CT molecular complexity index is 725. The van der Waals surface area contributed by atoms with Gasteiger partial charge in [-0.2, -0.15) is 11.3 Å². The van der Waals surface area contributed by atoms with Gasteiger partial charge in [0.15, 0.2) is 0 Å². The summed E-state index contributed by atoms with van der Waals surface area (Å²) in [6.07, 6.45) is 3.17. The van der Waals surface area contributed by atoms with Crippen LogP contribution in [0, 0.1) is 6.92 Å². The molecule has 2 heterocycles. The zero-order valence-electron chi connectivity index (χ0n) is 13.9. The van der Waals surface area contributed by atoms with Gasteiger partial charge in [-0.15, -0.1) is 0 Å². The summed E-state index contributed by atoms with van der Waals surface area (Å²) >= 11 is 1.50. The van der Waals surface area contributed by atoms with E-state index in [9.17, 15) is 9.59 Å². The maximum atomic E-state index is 12.6. The zero-order valence-corrected chi connectivity index (χ0v) is 14.7. The largest absolute Gasteiger partial charge is 0.352 e. The predicted molar refractivity (Wildman–Crippen MR) is 97.7 cm³/mol. The number of carbonyl (C=O) groups excluding carboxylic acids is 2. The van der Waals surface area contributed by atoms with Crippen LogP contribution in [-0.2, 0) is 11.2 Å². The van der Waals surface area contributed by atoms with Gasteiger partial charge in [-0.3, -0.25) is 9.59 Å². The monoisotopic (exact) mass is 342 g/mol. The first-order valence-electron chi connectivity index (χ1n) is 8.36. The van der Waals surface area contributed by atoms with Crippen molar-refractivity contribution in [1.82, 2.24) is 5.32 Å². The number of carbonyl (C=O) groups is 2. The molecule has 0 saturated carbocycles. The lowest BCUT2D eigenvalue weighted by Crippen LogP contribution is -2.36. The molecule has 3 rings (SSSR count). The molecule has 0 atom stereocenters. The van der Waals surface area contributed by atoms with E-state index in [-0.39, 0.29) is 11.8 Å². The lowest BCUT2D eigenvalue weighted by Gasteiger charge is -2.31. The van der Waals surface area contributed by atoms with Crippen LogP contribution in [-0.4, -0.2) is 24.9 Å². The van der Waals surface area contributed by atoms with Crippen molar-refractivity contribution in [1.29, 1.82) is 0 Å². The molecular weight excluding hydrogens is 320 g/mol. The highest BCUT2D eigenvalue weighted by Crippen LogP contribution is 2.30. The standard InChI is InChI=1S/C19H22N2O2S/c1-14-5-2-6-15-7-4-11-21(18(14)15)17(22)8-3-10-20-19(23)16-9-12-24-13-16/h2,5-6,9,12-13H,3-4,7-8,10-11H2,1H3,(H,20,23). The van der Waals surface area contributed by atoms with Crippen molar-refractivity contribution < 1.29 is 9.59 Å². The fourth-order valence-corrected chi connectivity index (χ4v) is 3.80. The Kier molecular flexibility index (Phi) is 5.30. The first kappa shape index (κ1) is 16.7. The third kappa shape index (κ3) is 3.67. The molecule has 0 spiro atoms. The summed E-state index contributed by atoms with van der Waals surface area (Å²) in [6.45, 7) is 3.37. The molecule has 0 unspecified atom stereocenters. The second kappa shape index (κ2) is 7.62. The van der Waals surface area contributed by atoms with Crippen LogP contribution in [0.4, 0.5) is 5.69 Å². The Morgan fingerprint density at radius 2 is 2.17 bits per heavy atom. The van der Waals surface area contributed by atoms with Gasteiger partial charge in [-0.25, -0.2) is 0 Å². The van der Waals surface area contributed by atoms with E-state index in [4.69, 9.17) is 0 Å². The van der Waals surface area contributed by atoms with E-state index in [0.29, 0.717) is 24.9 Å². The molecule has 0 saturated heterocycles. The van der Waals surface area contributed by atoms with Crippen molar-refractivity contribution in [2.75, 3.05) is 18.0 Å². The molecule has 4 nitrogen and oxygen atoms in total. The lowest BCUT2D eigenvalue weighted by atomic mass is 9.98. The first-order chi connectivity index (χ1) is 11.7. The molecule has 0 aliphatic carbocycles. The quantitative estimate of drug-likeness (QED) is 0.845. The summed E-state index contributed by atoms with van der Waals surface area (Å²) in [5.74, 6) is 0.0814. The Morgan fingerprint density at radius 3 is 2.96 bits per heavy atom. The molecule has 0 radical (unpaired) electrons. The Balaban J connectivity index is 1.52. The topological polar surface area (TPSA) is 49.4 Å². The number of anilines is 1. The molecule has 2 aromatic rings. The highest BCUT2D eigenvalue weighted by Gasteiger charge is 2.23. The molecule has 5 heteroatoms. The summed E-state index contributed by atoms with van der Waals surface area (Å²) in [7, 11) is 0. The van der Waals surface area contributed by atoms with Crippen LogP contribution in [0.15, 0.2) is 35.0 Å². The summed E-state index contributed by atoms with van der Waals surface area (Å²) in [6, 6.07) is 8.04. The number of amides is 2. The van der Waals surface area contributed by atoms with Crippen molar-refractivity contribution in [3.63, 3.8) is 0 Å². The molecule has 1 aromatic carbocycles. The van der Waals surface area contributed by atoms with E-state index in [1.54, 1.807) is 6.07 Å². The molecule has 0 fully saturated rings. The molecule has 24 heavy (non-hydrogen) atoms. The second-order valence-electron chi connectivity index (χ2n) is 6.10. The van der Waals surface area contributed by atoms with Gasteiger partial charge in [0.1, 0.15) is 0 Å². The van der Waals surface area contributed by atoms with Gasteiger partial charge in [-0.05, 0) is 48.8 Å². The van der Waals surface area contributed by atoms with Crippen LogP contribution < -0.4 is 10.2 Å². The Hall–Kier alpha value is -2.14. The smallest absolute Gasteiger partial charge is 0.252 e. The van der Waals surface area contributed by atoms with Crippen LogP contribution in [0.3, 0.4) is 0 Å². The van der Waals surface area contributed by atoms with E-state index in [0.717, 1.165) is 30.6 Å². The maximum absolute atomic E-state index is 12.6. The minimum absolute atomic E-state index is 0.0668. The molecule has 1 N–H and O–H groups in total. The van der Waals surface area contributed by atoms with Crippen molar-refractivity contribution >= 4 is 28.8 Å². The number of benzene rings is 1. The van der Waals surface area contributed by atoms with E-state index in [1.807, 2.05) is 15.7 Å². The van der Waals surface area contributed by atoms with Gasteiger partial charge < -0.3 is 10.2 Å². The number of thiophene rings is 1. The van der Waals surface area contributed by atoms with Gasteiger partial charge in [-0.1, -0.05) is 18.2 Å². The average Bonchev–Trinajstić information content (AvgIpc) is 3.13. The number of para-hydroxylation sites is 1. The second-order valence-corrected chi connectivity index (χ2v) is 6.88. The van der Waals surface area contributed by atoms with Crippen molar-refractivity contribution in [3.8, 4) is 0 Å². The Labute approximate surface area is 146 Å². The third-order valence-electron chi connectivity index (χ3n) is 4.36. The highest BCUT2D eigenvalue weighted by molar-refractivity contribution is 7.08. The normalized spacial score (nSPS) is 13.5. The first-order valence-corrected chi connectivity index (χ1v) is 9.30. The van der Waals surface area contributed by atoms with Crippen LogP contribution in [0.5, 0.6) is 0 Å². The van der Waals surface area contributed by atoms with Crippen LogP contribution in [0.1, 0.15) is 40.7 Å². The fraction of sp³-hybridized carbons (Fsp3) is 0.368. The van der Waals surface area contributed by atoms with Crippen LogP contribution in [0.25, 0.3) is 0 Å². The lowest BCUT2D eigenvalue weighted by molar-refractivity contribution is -0.118. The van der Waals surface area contributed by atoms with E-state index < -0.39 is 0 Å². The summed E-state index contributed by atoms with van der Waals surface area (Å²) < 4.78 is 0. The van der Waals surface area contributed by atoms with Gasteiger partial charge in [0.2, 0.25) is 5.91 Å². The maximum Gasteiger partial charge on any atom is 0.252 e. The van der Waals surface area contributed by atoms with Crippen LogP contribution in [0.2, 0.25) is 0 Å². The zero-order chi connectivity index (χ0) is 16.9. The summed E-state index contributed by atoms with van der Waals surface area (Å²) in [5.41, 5.74) is 4.20. The molecule has 1 aliphatic rings. The molecule has 2 amide bonds. The van der Waals surface area contributed by atoms with E-state index in [1.165, 1.54) is 16.9 Å². The average molecular weight is 342 g/mol. The van der Waals surface area contributed by atoms with Gasteiger partial charge in [0, 0.05) is 36.1 Å². The van der Waals surface area contributed by atoms with E-state index in [2.05, 4.69) is 30.4 Å². The van der Waals surface area contributed by atoms with Gasteiger partial charge in [0.25, 0.3) is 5.91 Å². The van der Waals surface area contributed by atoms with Crippen molar-refractivity contribution in [3.05, 3.63) is 51.7 Å². The van der Waals surface area contributed by atoms with Gasteiger partial charge >= 0.3 is 0 Å². The van der Waals surface area contributed by atoms with Gasteiger partial charge in [0.05, 0.1) is 0 Å². The number of fused-ring (bicyclic) bond motifs is 1. The van der Waals surface area contributed by atoms with Crippen molar-refractivity contribution in [2.24, 2.45) is 0 Å². The number of hydrogen-bond donors (Lipinski definition) is 1.